The molecule has 0 unspecified atom stereocenters. The van der Waals surface area contributed by atoms with Crippen molar-refractivity contribution in [2.75, 3.05) is 38.4 Å². The van der Waals surface area contributed by atoms with Crippen molar-refractivity contribution in [3.8, 4) is 5.75 Å². The van der Waals surface area contributed by atoms with E-state index in [0.717, 1.165) is 12.1 Å². The molecule has 0 aliphatic carbocycles. The quantitative estimate of drug-likeness (QED) is 0.708. The van der Waals surface area contributed by atoms with E-state index in [2.05, 4.69) is 20.9 Å². The first-order chi connectivity index (χ1) is 10.4. The van der Waals surface area contributed by atoms with Crippen LogP contribution in [0, 0.1) is 5.92 Å². The molecule has 3 rings (SSSR count). The van der Waals surface area contributed by atoms with Crippen LogP contribution in [0.5, 0.6) is 5.75 Å². The summed E-state index contributed by atoms with van der Waals surface area (Å²) < 4.78 is 39.8. The number of rotatable bonds is 5. The number of sulfone groups is 1. The van der Waals surface area contributed by atoms with Crippen molar-refractivity contribution in [2.45, 2.75) is 12.0 Å². The van der Waals surface area contributed by atoms with E-state index in [1.165, 1.54) is 0 Å². The zero-order valence-electron chi connectivity index (χ0n) is 12.2. The largest absolute Gasteiger partial charge is 0.493 e. The van der Waals surface area contributed by atoms with Crippen LogP contribution in [0.25, 0.3) is 0 Å². The zero-order valence-corrected chi connectivity index (χ0v) is 14.7. The number of pyridine rings is 1. The molecule has 6 nitrogen and oxygen atoms in total. The number of methoxy groups -OCH3 is 1. The zero-order chi connectivity index (χ0) is 15.8. The molecular formula is C14H18BrNO5S. The second-order valence-electron chi connectivity index (χ2n) is 5.77. The molecule has 1 aromatic rings. The van der Waals surface area contributed by atoms with Crippen molar-refractivity contribution < 1.29 is 22.6 Å². The standard InChI is InChI=1S/C14H18BrNO5S/c1-19-14(2-3-20-9-14)12-4-11(5-13(15)16-12)21-6-10-7-22(17,18)8-10/h4-5,10H,2-3,6-9H2,1H3/t14-/m1/s1. The number of aromatic nitrogens is 1. The van der Waals surface area contributed by atoms with Crippen molar-refractivity contribution in [3.05, 3.63) is 22.4 Å². The van der Waals surface area contributed by atoms with Gasteiger partial charge in [0.15, 0.2) is 9.84 Å². The summed E-state index contributed by atoms with van der Waals surface area (Å²) in [6, 6.07) is 3.62. The maximum Gasteiger partial charge on any atom is 0.151 e. The summed E-state index contributed by atoms with van der Waals surface area (Å²) in [4.78, 5) is 4.48. The maximum atomic E-state index is 11.2. The highest BCUT2D eigenvalue weighted by Crippen LogP contribution is 2.35. The van der Waals surface area contributed by atoms with Crippen LogP contribution in [0.1, 0.15) is 12.1 Å². The Morgan fingerprint density at radius 3 is 2.82 bits per heavy atom. The summed E-state index contributed by atoms with van der Waals surface area (Å²) >= 11 is 3.39. The minimum atomic E-state index is -2.82. The van der Waals surface area contributed by atoms with Crippen LogP contribution in [0.15, 0.2) is 16.7 Å². The average molecular weight is 392 g/mol. The van der Waals surface area contributed by atoms with Crippen LogP contribution in [0.3, 0.4) is 0 Å². The molecular weight excluding hydrogens is 374 g/mol. The predicted molar refractivity (Wildman–Crippen MR) is 83.7 cm³/mol. The van der Waals surface area contributed by atoms with E-state index in [0.29, 0.717) is 30.2 Å². The van der Waals surface area contributed by atoms with Crippen molar-refractivity contribution >= 4 is 25.8 Å². The minimum Gasteiger partial charge on any atom is -0.493 e. The molecule has 0 radical (unpaired) electrons. The van der Waals surface area contributed by atoms with Gasteiger partial charge in [-0.05, 0) is 15.9 Å². The molecule has 0 N–H and O–H groups in total. The highest BCUT2D eigenvalue weighted by molar-refractivity contribution is 9.10. The molecule has 2 fully saturated rings. The Morgan fingerprint density at radius 2 is 2.23 bits per heavy atom. The molecule has 0 aromatic carbocycles. The molecule has 0 saturated carbocycles. The smallest absolute Gasteiger partial charge is 0.151 e. The van der Waals surface area contributed by atoms with Crippen molar-refractivity contribution in [2.24, 2.45) is 5.92 Å². The summed E-state index contributed by atoms with van der Waals surface area (Å²) in [5.41, 5.74) is 0.222. The number of hydrogen-bond donors (Lipinski definition) is 0. The normalized spacial score (nSPS) is 27.5. The van der Waals surface area contributed by atoms with E-state index in [4.69, 9.17) is 14.2 Å². The molecule has 1 atom stereocenters. The van der Waals surface area contributed by atoms with Gasteiger partial charge in [-0.3, -0.25) is 0 Å². The van der Waals surface area contributed by atoms with Gasteiger partial charge in [0.1, 0.15) is 16.0 Å². The molecule has 0 amide bonds. The topological polar surface area (TPSA) is 74.7 Å². The van der Waals surface area contributed by atoms with Gasteiger partial charge < -0.3 is 14.2 Å². The first kappa shape index (κ1) is 16.2. The molecule has 22 heavy (non-hydrogen) atoms. The Labute approximate surface area is 138 Å². The monoisotopic (exact) mass is 391 g/mol. The van der Waals surface area contributed by atoms with Crippen molar-refractivity contribution in [3.63, 3.8) is 0 Å². The lowest BCUT2D eigenvalue weighted by atomic mass is 9.98. The third kappa shape index (κ3) is 3.29. The van der Waals surface area contributed by atoms with Gasteiger partial charge in [0, 0.05) is 38.2 Å². The van der Waals surface area contributed by atoms with E-state index in [9.17, 15) is 8.42 Å². The third-order valence-electron chi connectivity index (χ3n) is 4.08. The summed E-state index contributed by atoms with van der Waals surface area (Å²) in [6.07, 6.45) is 0.743. The fourth-order valence-corrected chi connectivity index (χ4v) is 4.73. The lowest BCUT2D eigenvalue weighted by Crippen LogP contribution is -2.39. The van der Waals surface area contributed by atoms with Gasteiger partial charge >= 0.3 is 0 Å². The van der Waals surface area contributed by atoms with Gasteiger partial charge in [0.05, 0.1) is 30.4 Å². The predicted octanol–water partition coefficient (Wildman–Crippen LogP) is 1.53. The Kier molecular flexibility index (Phi) is 4.46. The van der Waals surface area contributed by atoms with Crippen LogP contribution in [-0.2, 0) is 24.9 Å². The minimum absolute atomic E-state index is 0.0755. The van der Waals surface area contributed by atoms with E-state index >= 15 is 0 Å². The number of ether oxygens (including phenoxy) is 3. The molecule has 2 aliphatic heterocycles. The van der Waals surface area contributed by atoms with Crippen LogP contribution >= 0.6 is 15.9 Å². The fourth-order valence-electron chi connectivity index (χ4n) is 2.78. The van der Waals surface area contributed by atoms with E-state index in [1.807, 2.05) is 6.07 Å². The second kappa shape index (κ2) is 6.07. The summed E-state index contributed by atoms with van der Waals surface area (Å²) in [5.74, 6) is 1.15. The summed E-state index contributed by atoms with van der Waals surface area (Å²) in [7, 11) is -1.17. The van der Waals surface area contributed by atoms with E-state index in [-0.39, 0.29) is 17.4 Å². The molecule has 8 heteroatoms. The van der Waals surface area contributed by atoms with Crippen LogP contribution in [0.4, 0.5) is 0 Å². The lowest BCUT2D eigenvalue weighted by molar-refractivity contribution is -0.0248. The molecule has 0 bridgehead atoms. The molecule has 1 aromatic heterocycles. The van der Waals surface area contributed by atoms with Crippen LogP contribution < -0.4 is 4.74 Å². The fraction of sp³-hybridized carbons (Fsp3) is 0.643. The maximum absolute atomic E-state index is 11.2. The van der Waals surface area contributed by atoms with Gasteiger partial charge in [-0.1, -0.05) is 0 Å². The first-order valence-electron chi connectivity index (χ1n) is 7.07. The van der Waals surface area contributed by atoms with Gasteiger partial charge in [-0.15, -0.1) is 0 Å². The third-order valence-corrected chi connectivity index (χ3v) is 6.44. The first-order valence-corrected chi connectivity index (χ1v) is 9.68. The Morgan fingerprint density at radius 1 is 1.45 bits per heavy atom. The Balaban J connectivity index is 1.72. The SMILES string of the molecule is CO[C@]1(c2cc(OCC3CS(=O)(=O)C3)cc(Br)n2)CCOC1. The van der Waals surface area contributed by atoms with Crippen molar-refractivity contribution in [1.29, 1.82) is 0 Å². The van der Waals surface area contributed by atoms with E-state index < -0.39 is 15.4 Å². The number of halogens is 1. The van der Waals surface area contributed by atoms with Crippen LogP contribution in [-0.4, -0.2) is 51.8 Å². The van der Waals surface area contributed by atoms with E-state index in [1.54, 1.807) is 13.2 Å². The molecule has 3 heterocycles. The Hall–Kier alpha value is -0.700. The molecule has 2 saturated heterocycles. The molecule has 0 spiro atoms. The summed E-state index contributed by atoms with van der Waals surface area (Å²) in [6.45, 7) is 1.50. The Bertz CT molecular complexity index is 645. The van der Waals surface area contributed by atoms with Gasteiger partial charge in [-0.25, -0.2) is 13.4 Å². The highest BCUT2D eigenvalue weighted by Gasteiger charge is 2.39. The van der Waals surface area contributed by atoms with Gasteiger partial charge in [-0.2, -0.15) is 0 Å². The van der Waals surface area contributed by atoms with Gasteiger partial charge in [0.25, 0.3) is 0 Å². The second-order valence-corrected chi connectivity index (χ2v) is 8.73. The highest BCUT2D eigenvalue weighted by atomic mass is 79.9. The van der Waals surface area contributed by atoms with Crippen LogP contribution in [0.2, 0.25) is 0 Å². The van der Waals surface area contributed by atoms with Crippen molar-refractivity contribution in [1.82, 2.24) is 4.98 Å². The average Bonchev–Trinajstić information content (AvgIpc) is 2.92. The lowest BCUT2D eigenvalue weighted by Gasteiger charge is -2.27. The van der Waals surface area contributed by atoms with Gasteiger partial charge in [0.2, 0.25) is 0 Å². The number of hydrogen-bond acceptors (Lipinski definition) is 6. The summed E-state index contributed by atoms with van der Waals surface area (Å²) in [5, 5.41) is 0. The number of nitrogens with zero attached hydrogens (tertiary/aromatic N) is 1. The molecule has 2 aliphatic rings. The molecule has 122 valence electrons.